The van der Waals surface area contributed by atoms with Crippen LogP contribution in [0.1, 0.15) is 53.4 Å². The first-order chi connectivity index (χ1) is 9.21. The van der Waals surface area contributed by atoms with E-state index in [1.54, 1.807) is 0 Å². The minimum Gasteiger partial charge on any atom is -0.377 e. The maximum absolute atomic E-state index is 5.77. The molecule has 0 aromatic heterocycles. The van der Waals surface area contributed by atoms with E-state index < -0.39 is 0 Å². The molecule has 1 N–H and O–H groups in total. The van der Waals surface area contributed by atoms with Crippen molar-refractivity contribution >= 4 is 0 Å². The lowest BCUT2D eigenvalue weighted by atomic mass is 9.98. The van der Waals surface area contributed by atoms with Crippen LogP contribution in [0.15, 0.2) is 0 Å². The van der Waals surface area contributed by atoms with Crippen LogP contribution in [-0.4, -0.2) is 49.8 Å². The van der Waals surface area contributed by atoms with Crippen LogP contribution in [0, 0.1) is 5.92 Å². The molecule has 0 spiro atoms. The first-order valence-corrected chi connectivity index (χ1v) is 8.28. The predicted octanol–water partition coefficient (Wildman–Crippen LogP) is 2.90. The molecule has 0 amide bonds. The molecule has 3 heteroatoms. The highest BCUT2D eigenvalue weighted by molar-refractivity contribution is 4.79. The van der Waals surface area contributed by atoms with E-state index >= 15 is 0 Å². The van der Waals surface area contributed by atoms with Crippen molar-refractivity contribution in [2.75, 3.05) is 32.8 Å². The molecule has 0 aromatic carbocycles. The molecule has 114 valence electrons. The lowest BCUT2D eigenvalue weighted by Gasteiger charge is -2.32. The van der Waals surface area contributed by atoms with Crippen LogP contribution in [0.2, 0.25) is 0 Å². The molecule has 1 aliphatic rings. The Morgan fingerprint density at radius 3 is 2.63 bits per heavy atom. The molecule has 1 fully saturated rings. The third-order valence-electron chi connectivity index (χ3n) is 4.38. The van der Waals surface area contributed by atoms with Gasteiger partial charge in [0.05, 0.1) is 6.10 Å². The van der Waals surface area contributed by atoms with E-state index in [0.29, 0.717) is 12.1 Å². The first-order valence-electron chi connectivity index (χ1n) is 8.28. The van der Waals surface area contributed by atoms with Crippen molar-refractivity contribution in [3.63, 3.8) is 0 Å². The summed E-state index contributed by atoms with van der Waals surface area (Å²) in [6, 6.07) is 0.617. The lowest BCUT2D eigenvalue weighted by Crippen LogP contribution is -2.47. The molecule has 1 rings (SSSR count). The molecule has 3 unspecified atom stereocenters. The summed E-state index contributed by atoms with van der Waals surface area (Å²) >= 11 is 0. The molecule has 19 heavy (non-hydrogen) atoms. The second kappa shape index (κ2) is 9.73. The Morgan fingerprint density at radius 1 is 1.32 bits per heavy atom. The van der Waals surface area contributed by atoms with Crippen LogP contribution < -0.4 is 5.32 Å². The zero-order chi connectivity index (χ0) is 14.1. The average molecular weight is 270 g/mol. The standard InChI is InChI=1S/C16H34N2O/c1-5-10-17-16(14(4)6-2)13-18(7-3)12-15-9-8-11-19-15/h14-17H,5-13H2,1-4H3. The van der Waals surface area contributed by atoms with Crippen molar-refractivity contribution in [2.24, 2.45) is 5.92 Å². The number of rotatable bonds is 10. The minimum absolute atomic E-state index is 0.476. The van der Waals surface area contributed by atoms with Crippen molar-refractivity contribution in [2.45, 2.75) is 65.5 Å². The minimum atomic E-state index is 0.476. The van der Waals surface area contributed by atoms with Crippen molar-refractivity contribution in [3.8, 4) is 0 Å². The zero-order valence-corrected chi connectivity index (χ0v) is 13.5. The third kappa shape index (κ3) is 6.24. The zero-order valence-electron chi connectivity index (χ0n) is 13.5. The third-order valence-corrected chi connectivity index (χ3v) is 4.38. The predicted molar refractivity (Wildman–Crippen MR) is 82.6 cm³/mol. The number of likely N-dealkylation sites (N-methyl/N-ethyl adjacent to an activating group) is 1. The molecule has 1 heterocycles. The van der Waals surface area contributed by atoms with E-state index in [2.05, 4.69) is 37.9 Å². The first kappa shape index (κ1) is 16.9. The number of hydrogen-bond acceptors (Lipinski definition) is 3. The monoisotopic (exact) mass is 270 g/mol. The summed E-state index contributed by atoms with van der Waals surface area (Å²) in [6.07, 6.45) is 5.42. The molecule has 1 saturated heterocycles. The molecule has 0 saturated carbocycles. The van der Waals surface area contributed by atoms with E-state index in [0.717, 1.165) is 38.7 Å². The average Bonchev–Trinajstić information content (AvgIpc) is 2.94. The maximum Gasteiger partial charge on any atom is 0.0702 e. The van der Waals surface area contributed by atoms with Crippen molar-refractivity contribution in [3.05, 3.63) is 0 Å². The fraction of sp³-hybridized carbons (Fsp3) is 1.00. The summed E-state index contributed by atoms with van der Waals surface area (Å²) in [4.78, 5) is 2.56. The highest BCUT2D eigenvalue weighted by atomic mass is 16.5. The van der Waals surface area contributed by atoms with Crippen LogP contribution in [0.5, 0.6) is 0 Å². The SMILES string of the molecule is CCCNC(CN(CC)CC1CCCO1)C(C)CC. The van der Waals surface area contributed by atoms with Gasteiger partial charge in [-0.1, -0.05) is 34.1 Å². The largest absolute Gasteiger partial charge is 0.377 e. The number of ether oxygens (including phenoxy) is 1. The van der Waals surface area contributed by atoms with Crippen molar-refractivity contribution in [1.29, 1.82) is 0 Å². The normalized spacial score (nSPS) is 22.9. The Balaban J connectivity index is 2.42. The fourth-order valence-corrected chi connectivity index (χ4v) is 2.75. The van der Waals surface area contributed by atoms with E-state index in [1.165, 1.54) is 25.7 Å². The summed E-state index contributed by atoms with van der Waals surface area (Å²) in [5.41, 5.74) is 0. The highest BCUT2D eigenvalue weighted by Gasteiger charge is 2.22. The van der Waals surface area contributed by atoms with Gasteiger partial charge in [0, 0.05) is 25.7 Å². The maximum atomic E-state index is 5.77. The molecular formula is C16H34N2O. The van der Waals surface area contributed by atoms with E-state index in [-0.39, 0.29) is 0 Å². The van der Waals surface area contributed by atoms with Gasteiger partial charge in [0.15, 0.2) is 0 Å². The summed E-state index contributed by atoms with van der Waals surface area (Å²) in [6.45, 7) is 14.7. The van der Waals surface area contributed by atoms with Crippen LogP contribution in [0.3, 0.4) is 0 Å². The molecular weight excluding hydrogens is 236 g/mol. The summed E-state index contributed by atoms with van der Waals surface area (Å²) in [5, 5.41) is 3.73. The molecule has 3 nitrogen and oxygen atoms in total. The highest BCUT2D eigenvalue weighted by Crippen LogP contribution is 2.15. The van der Waals surface area contributed by atoms with Crippen LogP contribution >= 0.6 is 0 Å². The fourth-order valence-electron chi connectivity index (χ4n) is 2.75. The summed E-state index contributed by atoms with van der Waals surface area (Å²) in [7, 11) is 0. The smallest absolute Gasteiger partial charge is 0.0702 e. The topological polar surface area (TPSA) is 24.5 Å². The summed E-state index contributed by atoms with van der Waals surface area (Å²) in [5.74, 6) is 0.741. The Kier molecular flexibility index (Phi) is 8.67. The molecule has 0 aliphatic carbocycles. The molecule has 3 atom stereocenters. The Morgan fingerprint density at radius 2 is 2.11 bits per heavy atom. The van der Waals surface area contributed by atoms with E-state index in [9.17, 15) is 0 Å². The van der Waals surface area contributed by atoms with Gasteiger partial charge in [-0.05, 0) is 38.3 Å². The van der Waals surface area contributed by atoms with Gasteiger partial charge in [-0.3, -0.25) is 4.90 Å². The Bertz CT molecular complexity index is 217. The second-order valence-electron chi connectivity index (χ2n) is 5.93. The van der Waals surface area contributed by atoms with E-state index in [1.807, 2.05) is 0 Å². The quantitative estimate of drug-likeness (QED) is 0.660. The number of nitrogens with one attached hydrogen (secondary N) is 1. The van der Waals surface area contributed by atoms with Crippen molar-refractivity contribution in [1.82, 2.24) is 10.2 Å². The molecule has 1 aliphatic heterocycles. The van der Waals surface area contributed by atoms with Gasteiger partial charge in [0.2, 0.25) is 0 Å². The van der Waals surface area contributed by atoms with Crippen molar-refractivity contribution < 1.29 is 4.74 Å². The van der Waals surface area contributed by atoms with Gasteiger partial charge in [-0.2, -0.15) is 0 Å². The Labute approximate surface area is 120 Å². The number of nitrogens with zero attached hydrogens (tertiary/aromatic N) is 1. The van der Waals surface area contributed by atoms with E-state index in [4.69, 9.17) is 4.74 Å². The van der Waals surface area contributed by atoms with Crippen LogP contribution in [-0.2, 0) is 4.74 Å². The molecule has 0 aromatic rings. The lowest BCUT2D eigenvalue weighted by molar-refractivity contribution is 0.0688. The summed E-state index contributed by atoms with van der Waals surface area (Å²) < 4.78 is 5.77. The van der Waals surface area contributed by atoms with Gasteiger partial charge in [0.25, 0.3) is 0 Å². The second-order valence-corrected chi connectivity index (χ2v) is 5.93. The number of hydrogen-bond donors (Lipinski definition) is 1. The molecule has 0 radical (unpaired) electrons. The van der Waals surface area contributed by atoms with Gasteiger partial charge in [-0.15, -0.1) is 0 Å². The van der Waals surface area contributed by atoms with Crippen LogP contribution in [0.25, 0.3) is 0 Å². The van der Waals surface area contributed by atoms with Gasteiger partial charge >= 0.3 is 0 Å². The van der Waals surface area contributed by atoms with Gasteiger partial charge in [-0.25, -0.2) is 0 Å². The Hall–Kier alpha value is -0.120. The van der Waals surface area contributed by atoms with Gasteiger partial charge in [0.1, 0.15) is 0 Å². The van der Waals surface area contributed by atoms with Gasteiger partial charge < -0.3 is 10.1 Å². The molecule has 0 bridgehead atoms. The van der Waals surface area contributed by atoms with Crippen LogP contribution in [0.4, 0.5) is 0 Å².